The molecule has 0 spiro atoms. The van der Waals surface area contributed by atoms with Gasteiger partial charge in [-0.1, -0.05) is 6.07 Å². The van der Waals surface area contributed by atoms with Crippen molar-refractivity contribution in [3.05, 3.63) is 23.8 Å². The Bertz CT molecular complexity index is 444. The smallest absolute Gasteiger partial charge is 0.161 e. The third-order valence-electron chi connectivity index (χ3n) is 4.10. The number of hydrogen-bond acceptors (Lipinski definition) is 4. The van der Waals surface area contributed by atoms with Crippen LogP contribution in [0.15, 0.2) is 18.2 Å². The van der Waals surface area contributed by atoms with Gasteiger partial charge in [0.25, 0.3) is 0 Å². The Hall–Kier alpha value is -1.26. The molecule has 4 nitrogen and oxygen atoms in total. The molecule has 4 heteroatoms. The van der Waals surface area contributed by atoms with E-state index in [0.29, 0.717) is 19.3 Å². The lowest BCUT2D eigenvalue weighted by molar-refractivity contribution is 0.102. The second-order valence-electron chi connectivity index (χ2n) is 5.76. The summed E-state index contributed by atoms with van der Waals surface area (Å²) in [4.78, 5) is 0. The van der Waals surface area contributed by atoms with Gasteiger partial charge in [0, 0.05) is 6.61 Å². The lowest BCUT2D eigenvalue weighted by Gasteiger charge is -2.18. The van der Waals surface area contributed by atoms with Crippen LogP contribution in [-0.4, -0.2) is 39.0 Å². The maximum Gasteiger partial charge on any atom is 0.161 e. The van der Waals surface area contributed by atoms with Crippen molar-refractivity contribution in [1.82, 2.24) is 5.32 Å². The van der Waals surface area contributed by atoms with Crippen molar-refractivity contribution in [1.29, 1.82) is 0 Å². The van der Waals surface area contributed by atoms with E-state index in [2.05, 4.69) is 17.4 Å². The van der Waals surface area contributed by atoms with Crippen molar-refractivity contribution in [2.24, 2.45) is 0 Å². The summed E-state index contributed by atoms with van der Waals surface area (Å²) in [6, 6.07) is 6.24. The summed E-state index contributed by atoms with van der Waals surface area (Å²) in [5.41, 5.74) is 1.30. The Balaban J connectivity index is 1.31. The molecule has 1 saturated heterocycles. The average molecular weight is 291 g/mol. The minimum Gasteiger partial charge on any atom is -0.486 e. The second-order valence-corrected chi connectivity index (χ2v) is 5.76. The molecule has 21 heavy (non-hydrogen) atoms. The lowest BCUT2D eigenvalue weighted by atomic mass is 10.1. The highest BCUT2D eigenvalue weighted by molar-refractivity contribution is 5.43. The number of fused-ring (bicyclic) bond motifs is 1. The zero-order valence-electron chi connectivity index (χ0n) is 12.6. The molecule has 0 amide bonds. The molecule has 116 valence electrons. The summed E-state index contributed by atoms with van der Waals surface area (Å²) in [7, 11) is 0. The Morgan fingerprint density at radius 3 is 2.81 bits per heavy atom. The van der Waals surface area contributed by atoms with E-state index in [0.717, 1.165) is 37.6 Å². The number of hydrogen-bond donors (Lipinski definition) is 1. The molecule has 0 bridgehead atoms. The molecule has 1 aromatic rings. The Morgan fingerprint density at radius 2 is 1.95 bits per heavy atom. The van der Waals surface area contributed by atoms with Crippen LogP contribution in [0.4, 0.5) is 0 Å². The molecule has 0 aromatic heterocycles. The second kappa shape index (κ2) is 7.66. The van der Waals surface area contributed by atoms with Gasteiger partial charge in [-0.15, -0.1) is 0 Å². The van der Waals surface area contributed by atoms with Crippen molar-refractivity contribution in [2.45, 2.75) is 38.2 Å². The van der Waals surface area contributed by atoms with Crippen molar-refractivity contribution in [2.75, 3.05) is 32.9 Å². The number of rotatable bonds is 7. The van der Waals surface area contributed by atoms with Crippen molar-refractivity contribution in [3.8, 4) is 11.5 Å². The summed E-state index contributed by atoms with van der Waals surface area (Å²) < 4.78 is 16.8. The predicted octanol–water partition coefficient (Wildman–Crippen LogP) is 2.55. The van der Waals surface area contributed by atoms with E-state index in [1.807, 2.05) is 6.07 Å². The average Bonchev–Trinajstić information content (AvgIpc) is 3.04. The molecule has 0 aliphatic carbocycles. The van der Waals surface area contributed by atoms with Crippen LogP contribution in [0.1, 0.15) is 31.2 Å². The quantitative estimate of drug-likeness (QED) is 0.784. The molecular weight excluding hydrogens is 266 g/mol. The number of benzene rings is 1. The first kappa shape index (κ1) is 14.7. The standard InChI is InChI=1S/C17H25NO3/c1(3-15-4-2-10-19-15)8-18-9-7-14-5-6-16-17(13-14)21-12-11-20-16/h5-6,13,15,18H,1-4,7-12H2. The van der Waals surface area contributed by atoms with E-state index in [1.165, 1.54) is 31.2 Å². The molecular formula is C17H25NO3. The van der Waals surface area contributed by atoms with Gasteiger partial charge >= 0.3 is 0 Å². The van der Waals surface area contributed by atoms with E-state index in [1.54, 1.807) is 0 Å². The van der Waals surface area contributed by atoms with Crippen molar-refractivity contribution >= 4 is 0 Å². The maximum atomic E-state index is 5.63. The third-order valence-corrected chi connectivity index (χ3v) is 4.10. The Labute approximate surface area is 126 Å². The van der Waals surface area contributed by atoms with Gasteiger partial charge in [-0.2, -0.15) is 0 Å². The van der Waals surface area contributed by atoms with Crippen LogP contribution in [-0.2, 0) is 11.2 Å². The number of nitrogens with one attached hydrogen (secondary N) is 1. The van der Waals surface area contributed by atoms with Crippen LogP contribution in [0.3, 0.4) is 0 Å². The first-order valence-electron chi connectivity index (χ1n) is 8.13. The van der Waals surface area contributed by atoms with Crippen LogP contribution >= 0.6 is 0 Å². The first-order valence-corrected chi connectivity index (χ1v) is 8.13. The highest BCUT2D eigenvalue weighted by Gasteiger charge is 2.14. The van der Waals surface area contributed by atoms with E-state index < -0.39 is 0 Å². The fourth-order valence-corrected chi connectivity index (χ4v) is 2.93. The van der Waals surface area contributed by atoms with Gasteiger partial charge in [-0.3, -0.25) is 0 Å². The summed E-state index contributed by atoms with van der Waals surface area (Å²) in [6.07, 6.45) is 6.42. The zero-order chi connectivity index (χ0) is 14.3. The van der Waals surface area contributed by atoms with Gasteiger partial charge in [0.2, 0.25) is 0 Å². The fraction of sp³-hybridized carbons (Fsp3) is 0.647. The zero-order valence-corrected chi connectivity index (χ0v) is 12.6. The summed E-state index contributed by atoms with van der Waals surface area (Å²) in [5, 5.41) is 3.51. The minimum atomic E-state index is 0.518. The van der Waals surface area contributed by atoms with E-state index in [4.69, 9.17) is 14.2 Å². The number of ether oxygens (including phenoxy) is 3. The predicted molar refractivity (Wildman–Crippen MR) is 82.2 cm³/mol. The highest BCUT2D eigenvalue weighted by atomic mass is 16.6. The summed E-state index contributed by atoms with van der Waals surface area (Å²) in [6.45, 7) is 4.34. The van der Waals surface area contributed by atoms with Crippen LogP contribution in [0, 0.1) is 0 Å². The van der Waals surface area contributed by atoms with Gasteiger partial charge in [-0.05, 0) is 62.9 Å². The van der Waals surface area contributed by atoms with Crippen molar-refractivity contribution in [3.63, 3.8) is 0 Å². The van der Waals surface area contributed by atoms with E-state index >= 15 is 0 Å². The molecule has 2 heterocycles. The van der Waals surface area contributed by atoms with Crippen LogP contribution in [0.5, 0.6) is 11.5 Å². The van der Waals surface area contributed by atoms with Gasteiger partial charge in [-0.25, -0.2) is 0 Å². The van der Waals surface area contributed by atoms with Gasteiger partial charge in [0.05, 0.1) is 6.10 Å². The highest BCUT2D eigenvalue weighted by Crippen LogP contribution is 2.30. The molecule has 1 N–H and O–H groups in total. The molecule has 1 aromatic carbocycles. The topological polar surface area (TPSA) is 39.7 Å². The lowest BCUT2D eigenvalue weighted by Crippen LogP contribution is -2.20. The summed E-state index contributed by atoms with van der Waals surface area (Å²) >= 11 is 0. The summed E-state index contributed by atoms with van der Waals surface area (Å²) in [5.74, 6) is 1.76. The van der Waals surface area contributed by atoms with Crippen LogP contribution in [0.25, 0.3) is 0 Å². The minimum absolute atomic E-state index is 0.518. The Kier molecular flexibility index (Phi) is 5.35. The van der Waals surface area contributed by atoms with Gasteiger partial charge < -0.3 is 19.5 Å². The molecule has 1 atom stereocenters. The van der Waals surface area contributed by atoms with Gasteiger partial charge in [0.1, 0.15) is 13.2 Å². The first-order chi connectivity index (χ1) is 10.4. The van der Waals surface area contributed by atoms with Crippen LogP contribution in [0.2, 0.25) is 0 Å². The monoisotopic (exact) mass is 291 g/mol. The largest absolute Gasteiger partial charge is 0.486 e. The molecule has 2 aliphatic heterocycles. The Morgan fingerprint density at radius 1 is 1.05 bits per heavy atom. The van der Waals surface area contributed by atoms with Crippen LogP contribution < -0.4 is 14.8 Å². The van der Waals surface area contributed by atoms with E-state index in [-0.39, 0.29) is 0 Å². The third kappa shape index (κ3) is 4.35. The molecule has 0 saturated carbocycles. The maximum absolute atomic E-state index is 5.63. The molecule has 1 fully saturated rings. The van der Waals surface area contributed by atoms with Crippen molar-refractivity contribution < 1.29 is 14.2 Å². The molecule has 0 radical (unpaired) electrons. The fourth-order valence-electron chi connectivity index (χ4n) is 2.93. The normalized spacial score (nSPS) is 20.7. The molecule has 2 aliphatic rings. The van der Waals surface area contributed by atoms with Gasteiger partial charge in [0.15, 0.2) is 11.5 Å². The van der Waals surface area contributed by atoms with E-state index in [9.17, 15) is 0 Å². The molecule has 3 rings (SSSR count). The molecule has 1 unspecified atom stereocenters. The SMILES string of the molecule is c1cc2c(cc1CCNCCCC1CCCO1)OCCO2.